The molecular weight excluding hydrogens is 338 g/mol. The average Bonchev–Trinajstić information content (AvgIpc) is 2.35. The van der Waals surface area contributed by atoms with Crippen molar-refractivity contribution in [2.75, 3.05) is 46.7 Å². The second-order valence-electron chi connectivity index (χ2n) is 6.13. The number of nitrogens with zero attached hydrogens (tertiary/aromatic N) is 1. The van der Waals surface area contributed by atoms with Crippen LogP contribution in [0.15, 0.2) is 24.3 Å². The molecule has 0 radical (unpaired) electrons. The third kappa shape index (κ3) is 18.3. The second-order valence-corrected chi connectivity index (χ2v) is 7.70. The lowest BCUT2D eigenvalue weighted by Gasteiger charge is -2.23. The number of carbonyl (C=O) groups excluding carboxylic acids is 2. The average molecular weight is 366 g/mol. The summed E-state index contributed by atoms with van der Waals surface area (Å²) in [5.74, 6) is -1.56. The van der Waals surface area contributed by atoms with E-state index in [-0.39, 0.29) is 18.1 Å². The molecule has 140 valence electrons. The van der Waals surface area contributed by atoms with E-state index in [1.807, 2.05) is 0 Å². The summed E-state index contributed by atoms with van der Waals surface area (Å²) in [5, 5.41) is 0. The minimum absolute atomic E-state index is 0.185. The van der Waals surface area contributed by atoms with Gasteiger partial charge in [-0.25, -0.2) is 9.59 Å². The van der Waals surface area contributed by atoms with Gasteiger partial charge in [0.1, 0.15) is 25.5 Å². The molecule has 0 aliphatic heterocycles. The smallest absolute Gasteiger partial charge is 0.333 e. The molecule has 0 aliphatic carbocycles. The van der Waals surface area contributed by atoms with Gasteiger partial charge in [-0.2, -0.15) is 8.42 Å². The van der Waals surface area contributed by atoms with Gasteiger partial charge in [-0.05, 0) is 13.8 Å². The van der Waals surface area contributed by atoms with E-state index in [1.54, 1.807) is 6.92 Å². The molecule has 0 spiro atoms. The summed E-state index contributed by atoms with van der Waals surface area (Å²) in [6, 6.07) is 0. The number of carbonyl (C=O) groups is 2. The lowest BCUT2D eigenvalue weighted by atomic mass is 10.4. The normalized spacial score (nSPS) is 10.9. The Kier molecular flexibility index (Phi) is 11.2. The summed E-state index contributed by atoms with van der Waals surface area (Å²) >= 11 is 0. The molecule has 0 aromatic heterocycles. The molecule has 0 unspecified atom stereocenters. The minimum Gasteiger partial charge on any atom is -0.461 e. The molecule has 0 aromatic rings. The second kappa shape index (κ2) is 11.0. The standard InChI is InChI=1S/C9H18NO2.C6H10O5S/c1-8(2)9(11)12-7-6-10(3,4)5;1-5(2)6(7)11-3-4-12(8,9)10/h1,6-7H2,2-5H3;1,3-4H2,2H3,(H,8,9,10)/q+1;. The van der Waals surface area contributed by atoms with Crippen LogP contribution in [0.4, 0.5) is 0 Å². The van der Waals surface area contributed by atoms with Crippen LogP contribution in [0.2, 0.25) is 0 Å². The molecule has 0 saturated carbocycles. The van der Waals surface area contributed by atoms with E-state index in [0.29, 0.717) is 12.2 Å². The third-order valence-corrected chi connectivity index (χ3v) is 2.95. The molecule has 0 bridgehead atoms. The fraction of sp³-hybridized carbons (Fsp3) is 0.600. The fourth-order valence-corrected chi connectivity index (χ4v) is 1.19. The fourth-order valence-electron chi connectivity index (χ4n) is 0.898. The monoisotopic (exact) mass is 366 g/mol. The van der Waals surface area contributed by atoms with Crippen molar-refractivity contribution < 1.29 is 36.5 Å². The number of rotatable bonds is 8. The summed E-state index contributed by atoms with van der Waals surface area (Å²) in [4.78, 5) is 21.5. The summed E-state index contributed by atoms with van der Waals surface area (Å²) in [5.41, 5.74) is 0.641. The molecular formula is C15H28NO7S+. The molecule has 0 fully saturated rings. The predicted octanol–water partition coefficient (Wildman–Crippen LogP) is 0.805. The first-order valence-corrected chi connectivity index (χ1v) is 8.67. The van der Waals surface area contributed by atoms with Crippen LogP contribution in [0.1, 0.15) is 13.8 Å². The summed E-state index contributed by atoms with van der Waals surface area (Å²) in [7, 11) is 2.10. The zero-order valence-electron chi connectivity index (χ0n) is 15.0. The molecule has 9 heteroatoms. The maximum absolute atomic E-state index is 10.9. The van der Waals surface area contributed by atoms with Crippen molar-refractivity contribution in [3.63, 3.8) is 0 Å². The van der Waals surface area contributed by atoms with Gasteiger partial charge in [0.2, 0.25) is 0 Å². The van der Waals surface area contributed by atoms with Crippen molar-refractivity contribution in [1.82, 2.24) is 0 Å². The minimum atomic E-state index is -4.05. The van der Waals surface area contributed by atoms with Crippen LogP contribution in [0.3, 0.4) is 0 Å². The van der Waals surface area contributed by atoms with Gasteiger partial charge < -0.3 is 14.0 Å². The van der Waals surface area contributed by atoms with E-state index in [4.69, 9.17) is 9.29 Å². The molecule has 8 nitrogen and oxygen atoms in total. The van der Waals surface area contributed by atoms with Gasteiger partial charge >= 0.3 is 11.9 Å². The van der Waals surface area contributed by atoms with Crippen LogP contribution < -0.4 is 0 Å². The van der Waals surface area contributed by atoms with Crippen molar-refractivity contribution in [3.05, 3.63) is 24.3 Å². The van der Waals surface area contributed by atoms with Crippen molar-refractivity contribution in [2.24, 2.45) is 0 Å². The lowest BCUT2D eigenvalue weighted by Crippen LogP contribution is -2.38. The number of quaternary nitrogens is 1. The van der Waals surface area contributed by atoms with Crippen LogP contribution in [0.5, 0.6) is 0 Å². The molecule has 0 aromatic carbocycles. The first kappa shape index (κ1) is 24.5. The van der Waals surface area contributed by atoms with E-state index in [0.717, 1.165) is 11.0 Å². The maximum Gasteiger partial charge on any atom is 0.333 e. The number of esters is 2. The molecule has 0 atom stereocenters. The van der Waals surface area contributed by atoms with Gasteiger partial charge in [0.05, 0.1) is 21.1 Å². The summed E-state index contributed by atoms with van der Waals surface area (Å²) in [6.45, 7) is 10.8. The van der Waals surface area contributed by atoms with Gasteiger partial charge in [-0.1, -0.05) is 13.2 Å². The van der Waals surface area contributed by atoms with Crippen molar-refractivity contribution in [2.45, 2.75) is 13.8 Å². The summed E-state index contributed by atoms with van der Waals surface area (Å²) in [6.07, 6.45) is 0. The predicted molar refractivity (Wildman–Crippen MR) is 90.9 cm³/mol. The third-order valence-electron chi connectivity index (χ3n) is 2.27. The highest BCUT2D eigenvalue weighted by Gasteiger charge is 2.09. The van der Waals surface area contributed by atoms with Crippen molar-refractivity contribution in [3.8, 4) is 0 Å². The Hall–Kier alpha value is -1.71. The quantitative estimate of drug-likeness (QED) is 0.293. The number of hydrogen-bond donors (Lipinski definition) is 1. The molecule has 0 rings (SSSR count). The first-order valence-electron chi connectivity index (χ1n) is 7.06. The SMILES string of the molecule is C=C(C)C(=O)OCCS(=O)(=O)O.C=C(C)C(=O)OCC[N+](C)(C)C. The molecule has 1 N–H and O–H groups in total. The molecule has 0 amide bonds. The van der Waals surface area contributed by atoms with E-state index in [1.165, 1.54) is 6.92 Å². The van der Waals surface area contributed by atoms with Crippen LogP contribution in [0, 0.1) is 0 Å². The zero-order chi connectivity index (χ0) is 19.6. The molecule has 0 saturated heterocycles. The highest BCUT2D eigenvalue weighted by Crippen LogP contribution is 1.94. The van der Waals surface area contributed by atoms with E-state index in [2.05, 4.69) is 39.0 Å². The first-order chi connectivity index (χ1) is 10.7. The lowest BCUT2D eigenvalue weighted by molar-refractivity contribution is -0.870. The number of likely N-dealkylation sites (N-methyl/N-ethyl adjacent to an activating group) is 1. The zero-order valence-corrected chi connectivity index (χ0v) is 15.8. The maximum atomic E-state index is 10.9. The van der Waals surface area contributed by atoms with Gasteiger partial charge in [-0.15, -0.1) is 0 Å². The van der Waals surface area contributed by atoms with E-state index in [9.17, 15) is 18.0 Å². The highest BCUT2D eigenvalue weighted by molar-refractivity contribution is 7.85. The molecule has 0 heterocycles. The van der Waals surface area contributed by atoms with Gasteiger partial charge in [0.15, 0.2) is 0 Å². The Bertz CT molecular complexity index is 559. The van der Waals surface area contributed by atoms with Crippen LogP contribution >= 0.6 is 0 Å². The largest absolute Gasteiger partial charge is 0.461 e. The Morgan fingerprint density at radius 1 is 0.958 bits per heavy atom. The number of hydrogen-bond acceptors (Lipinski definition) is 6. The summed E-state index contributed by atoms with van der Waals surface area (Å²) < 4.78 is 38.6. The van der Waals surface area contributed by atoms with Crippen LogP contribution in [-0.4, -0.2) is 76.0 Å². The highest BCUT2D eigenvalue weighted by atomic mass is 32.2. The van der Waals surface area contributed by atoms with Crippen molar-refractivity contribution in [1.29, 1.82) is 0 Å². The topological polar surface area (TPSA) is 107 Å². The van der Waals surface area contributed by atoms with Gasteiger partial charge in [0.25, 0.3) is 10.1 Å². The number of ether oxygens (including phenoxy) is 2. The van der Waals surface area contributed by atoms with Crippen LogP contribution in [0.25, 0.3) is 0 Å². The Balaban J connectivity index is 0. The molecule has 24 heavy (non-hydrogen) atoms. The van der Waals surface area contributed by atoms with Crippen molar-refractivity contribution >= 4 is 22.1 Å². The van der Waals surface area contributed by atoms with E-state index >= 15 is 0 Å². The van der Waals surface area contributed by atoms with E-state index < -0.39 is 21.8 Å². The molecule has 0 aliphatic rings. The Morgan fingerprint density at radius 2 is 1.33 bits per heavy atom. The van der Waals surface area contributed by atoms with Gasteiger partial charge in [0, 0.05) is 11.1 Å². The van der Waals surface area contributed by atoms with Crippen LogP contribution in [-0.2, 0) is 29.2 Å². The van der Waals surface area contributed by atoms with Gasteiger partial charge in [-0.3, -0.25) is 4.55 Å². The Labute approximate surface area is 144 Å². The Morgan fingerprint density at radius 3 is 1.62 bits per heavy atom.